The van der Waals surface area contributed by atoms with Crippen LogP contribution in [0.25, 0.3) is 0 Å². The number of hydrogen-bond acceptors (Lipinski definition) is 3. The second-order valence-corrected chi connectivity index (χ2v) is 3.13. The number of carboxylic acids is 1. The molecule has 0 aromatic heterocycles. The molecule has 0 atom stereocenters. The Balaban J connectivity index is 2.55. The lowest BCUT2D eigenvalue weighted by molar-refractivity contribution is -0.137. The van der Waals surface area contributed by atoms with E-state index in [0.29, 0.717) is 6.54 Å². The number of aliphatic carboxylic acids is 1. The zero-order valence-electron chi connectivity index (χ0n) is 8.69. The molecule has 4 heteroatoms. The van der Waals surface area contributed by atoms with Crippen LogP contribution in [-0.2, 0) is 11.3 Å². The van der Waals surface area contributed by atoms with Gasteiger partial charge in [-0.2, -0.15) is 0 Å². The Bertz CT molecular complexity index is 325. The minimum atomic E-state index is -0.846. The highest BCUT2D eigenvalue weighted by atomic mass is 16.5. The smallest absolute Gasteiger partial charge is 0.306 e. The zero-order chi connectivity index (χ0) is 11.1. The summed E-state index contributed by atoms with van der Waals surface area (Å²) in [4.78, 5) is 10.3. The number of carbonyl (C=O) groups is 1. The Hall–Kier alpha value is -1.55. The van der Waals surface area contributed by atoms with E-state index in [1.165, 1.54) is 0 Å². The third kappa shape index (κ3) is 3.99. The highest BCUT2D eigenvalue weighted by Gasteiger charge is 2.02. The Morgan fingerprint density at radius 3 is 2.87 bits per heavy atom. The SMILES string of the molecule is CNCc1ccccc1OCCC(=O)O. The second kappa shape index (κ2) is 6.03. The lowest BCUT2D eigenvalue weighted by atomic mass is 10.2. The normalized spacial score (nSPS) is 9.93. The molecule has 0 spiro atoms. The van der Waals surface area contributed by atoms with Crippen molar-refractivity contribution in [2.24, 2.45) is 0 Å². The van der Waals surface area contributed by atoms with E-state index in [1.54, 1.807) is 0 Å². The average Bonchev–Trinajstić information content (AvgIpc) is 2.20. The molecule has 15 heavy (non-hydrogen) atoms. The number of ether oxygens (including phenoxy) is 1. The Kier molecular flexibility index (Phi) is 4.63. The topological polar surface area (TPSA) is 58.6 Å². The van der Waals surface area contributed by atoms with E-state index in [9.17, 15) is 4.79 Å². The zero-order valence-corrected chi connectivity index (χ0v) is 8.69. The van der Waals surface area contributed by atoms with Gasteiger partial charge in [-0.25, -0.2) is 0 Å². The molecule has 1 aromatic carbocycles. The van der Waals surface area contributed by atoms with Crippen molar-refractivity contribution in [1.29, 1.82) is 0 Å². The summed E-state index contributed by atoms with van der Waals surface area (Å²) in [5, 5.41) is 11.5. The van der Waals surface area contributed by atoms with Gasteiger partial charge in [-0.3, -0.25) is 4.79 Å². The quantitative estimate of drug-likeness (QED) is 0.740. The maximum atomic E-state index is 10.3. The third-order valence-electron chi connectivity index (χ3n) is 1.91. The first-order chi connectivity index (χ1) is 7.24. The monoisotopic (exact) mass is 209 g/mol. The molecule has 0 heterocycles. The molecule has 0 saturated heterocycles. The van der Waals surface area contributed by atoms with Gasteiger partial charge in [-0.1, -0.05) is 18.2 Å². The largest absolute Gasteiger partial charge is 0.493 e. The molecule has 2 N–H and O–H groups in total. The van der Waals surface area contributed by atoms with E-state index in [2.05, 4.69) is 5.32 Å². The van der Waals surface area contributed by atoms with E-state index in [0.717, 1.165) is 11.3 Å². The standard InChI is InChI=1S/C11H15NO3/c1-12-8-9-4-2-3-5-10(9)15-7-6-11(13)14/h2-5,12H,6-8H2,1H3,(H,13,14). The molecular weight excluding hydrogens is 194 g/mol. The van der Waals surface area contributed by atoms with Gasteiger partial charge < -0.3 is 15.2 Å². The fraction of sp³-hybridized carbons (Fsp3) is 0.364. The summed E-state index contributed by atoms with van der Waals surface area (Å²) in [6, 6.07) is 7.59. The van der Waals surface area contributed by atoms with Crippen LogP contribution in [0.4, 0.5) is 0 Å². The molecule has 0 amide bonds. The minimum Gasteiger partial charge on any atom is -0.493 e. The third-order valence-corrected chi connectivity index (χ3v) is 1.91. The summed E-state index contributed by atoms with van der Waals surface area (Å²) >= 11 is 0. The predicted octanol–water partition coefficient (Wildman–Crippen LogP) is 1.26. The van der Waals surface area contributed by atoms with Crippen LogP contribution in [0, 0.1) is 0 Å². The summed E-state index contributed by atoms with van der Waals surface area (Å²) < 4.78 is 5.38. The van der Waals surface area contributed by atoms with Crippen LogP contribution in [0.5, 0.6) is 5.75 Å². The average molecular weight is 209 g/mol. The summed E-state index contributed by atoms with van der Waals surface area (Å²) in [7, 11) is 1.86. The van der Waals surface area contributed by atoms with E-state index in [-0.39, 0.29) is 13.0 Å². The van der Waals surface area contributed by atoms with Crippen molar-refractivity contribution in [2.75, 3.05) is 13.7 Å². The number of hydrogen-bond donors (Lipinski definition) is 2. The lowest BCUT2D eigenvalue weighted by Crippen LogP contribution is -2.09. The van der Waals surface area contributed by atoms with E-state index >= 15 is 0 Å². The van der Waals surface area contributed by atoms with Gasteiger partial charge in [0.15, 0.2) is 0 Å². The van der Waals surface area contributed by atoms with Crippen molar-refractivity contribution in [2.45, 2.75) is 13.0 Å². The first kappa shape index (κ1) is 11.5. The van der Waals surface area contributed by atoms with Crippen LogP contribution >= 0.6 is 0 Å². The Morgan fingerprint density at radius 1 is 1.47 bits per heavy atom. The van der Waals surface area contributed by atoms with E-state index in [1.807, 2.05) is 31.3 Å². The minimum absolute atomic E-state index is 0.0217. The molecule has 82 valence electrons. The molecule has 0 unspecified atom stereocenters. The highest BCUT2D eigenvalue weighted by Crippen LogP contribution is 2.17. The number of para-hydroxylation sites is 1. The summed E-state index contributed by atoms with van der Waals surface area (Å²) in [5.41, 5.74) is 1.03. The van der Waals surface area contributed by atoms with Crippen LogP contribution in [0.15, 0.2) is 24.3 Å². The summed E-state index contributed by atoms with van der Waals surface area (Å²) in [5.74, 6) is -0.103. The fourth-order valence-corrected chi connectivity index (χ4v) is 1.23. The number of benzene rings is 1. The van der Waals surface area contributed by atoms with Crippen molar-refractivity contribution in [3.8, 4) is 5.75 Å². The van der Waals surface area contributed by atoms with Crippen LogP contribution < -0.4 is 10.1 Å². The van der Waals surface area contributed by atoms with E-state index in [4.69, 9.17) is 9.84 Å². The lowest BCUT2D eigenvalue weighted by Gasteiger charge is -2.09. The molecule has 0 aliphatic heterocycles. The molecule has 0 aliphatic carbocycles. The molecule has 0 fully saturated rings. The van der Waals surface area contributed by atoms with Gasteiger partial charge in [0, 0.05) is 12.1 Å². The molecule has 4 nitrogen and oxygen atoms in total. The van der Waals surface area contributed by atoms with Crippen LogP contribution in [-0.4, -0.2) is 24.7 Å². The highest BCUT2D eigenvalue weighted by molar-refractivity contribution is 5.66. The van der Waals surface area contributed by atoms with Crippen molar-refractivity contribution in [1.82, 2.24) is 5.32 Å². The molecule has 0 radical (unpaired) electrons. The van der Waals surface area contributed by atoms with Crippen molar-refractivity contribution in [3.05, 3.63) is 29.8 Å². The maximum absolute atomic E-state index is 10.3. The van der Waals surface area contributed by atoms with Crippen molar-refractivity contribution < 1.29 is 14.6 Å². The van der Waals surface area contributed by atoms with Gasteiger partial charge in [0.2, 0.25) is 0 Å². The molecule has 0 aliphatic rings. The predicted molar refractivity (Wildman–Crippen MR) is 57.0 cm³/mol. The number of rotatable bonds is 6. The number of carboxylic acid groups (broad SMARTS) is 1. The molecule has 0 bridgehead atoms. The van der Waals surface area contributed by atoms with Crippen LogP contribution in [0.1, 0.15) is 12.0 Å². The number of nitrogens with one attached hydrogen (secondary N) is 1. The van der Waals surface area contributed by atoms with Gasteiger partial charge in [0.05, 0.1) is 13.0 Å². The van der Waals surface area contributed by atoms with Crippen molar-refractivity contribution in [3.63, 3.8) is 0 Å². The summed E-state index contributed by atoms with van der Waals surface area (Å²) in [6.07, 6.45) is 0.0217. The Labute approximate surface area is 88.9 Å². The van der Waals surface area contributed by atoms with Gasteiger partial charge >= 0.3 is 5.97 Å². The van der Waals surface area contributed by atoms with E-state index < -0.39 is 5.97 Å². The van der Waals surface area contributed by atoms with Crippen LogP contribution in [0.2, 0.25) is 0 Å². The van der Waals surface area contributed by atoms with Gasteiger partial charge in [-0.15, -0.1) is 0 Å². The van der Waals surface area contributed by atoms with Crippen molar-refractivity contribution >= 4 is 5.97 Å². The first-order valence-corrected chi connectivity index (χ1v) is 4.81. The molecule has 1 rings (SSSR count). The van der Waals surface area contributed by atoms with Gasteiger partial charge in [0.1, 0.15) is 5.75 Å². The fourth-order valence-electron chi connectivity index (χ4n) is 1.23. The maximum Gasteiger partial charge on any atom is 0.306 e. The Morgan fingerprint density at radius 2 is 2.20 bits per heavy atom. The second-order valence-electron chi connectivity index (χ2n) is 3.13. The summed E-state index contributed by atoms with van der Waals surface area (Å²) in [6.45, 7) is 0.916. The molecule has 1 aromatic rings. The molecule has 0 saturated carbocycles. The molecular formula is C11H15NO3. The first-order valence-electron chi connectivity index (χ1n) is 4.81. The van der Waals surface area contributed by atoms with Gasteiger partial charge in [0.25, 0.3) is 0 Å². The van der Waals surface area contributed by atoms with Gasteiger partial charge in [-0.05, 0) is 13.1 Å². The van der Waals surface area contributed by atoms with Crippen LogP contribution in [0.3, 0.4) is 0 Å².